The Bertz CT molecular complexity index is 1440. The molecule has 3 N–H and O–H groups in total. The SMILES string of the molecule is CC(C)[C@H](NC(=O)[C@H](Cc1ccccc1)NC(=O)[C@H](Cc1ccc(Cl)c(Cl)c1)NC(=O)c1cnccn1)C(=O)C(F)(F)F. The van der Waals surface area contributed by atoms with Gasteiger partial charge in [0.15, 0.2) is 0 Å². The van der Waals surface area contributed by atoms with E-state index in [0.29, 0.717) is 11.1 Å². The first-order chi connectivity index (χ1) is 20.3. The van der Waals surface area contributed by atoms with Crippen molar-refractivity contribution in [1.82, 2.24) is 25.9 Å². The lowest BCUT2D eigenvalue weighted by atomic mass is 9.97. The van der Waals surface area contributed by atoms with Crippen LogP contribution in [0.1, 0.15) is 35.5 Å². The van der Waals surface area contributed by atoms with Crippen molar-refractivity contribution in [2.24, 2.45) is 5.92 Å². The second-order valence-corrected chi connectivity index (χ2v) is 10.7. The number of nitrogens with zero attached hydrogens (tertiary/aromatic N) is 2. The van der Waals surface area contributed by atoms with Crippen LogP contribution in [0, 0.1) is 5.92 Å². The van der Waals surface area contributed by atoms with Gasteiger partial charge in [0.2, 0.25) is 11.8 Å². The van der Waals surface area contributed by atoms with Gasteiger partial charge in [-0.05, 0) is 29.2 Å². The monoisotopic (exact) mass is 637 g/mol. The molecular formula is C29H28Cl2F3N5O4. The van der Waals surface area contributed by atoms with Crippen LogP contribution in [0.25, 0.3) is 0 Å². The van der Waals surface area contributed by atoms with Crippen LogP contribution >= 0.6 is 23.2 Å². The number of amides is 3. The summed E-state index contributed by atoms with van der Waals surface area (Å²) >= 11 is 12.1. The van der Waals surface area contributed by atoms with E-state index in [4.69, 9.17) is 23.2 Å². The first-order valence-electron chi connectivity index (χ1n) is 13.0. The van der Waals surface area contributed by atoms with Gasteiger partial charge in [-0.1, -0.05) is 73.4 Å². The van der Waals surface area contributed by atoms with Crippen LogP contribution in [0.15, 0.2) is 67.1 Å². The number of hydrogen-bond donors (Lipinski definition) is 3. The highest BCUT2D eigenvalue weighted by Gasteiger charge is 2.45. The molecule has 1 aromatic heterocycles. The largest absolute Gasteiger partial charge is 0.452 e. The number of benzene rings is 2. The number of alkyl halides is 3. The minimum atomic E-state index is -5.18. The summed E-state index contributed by atoms with van der Waals surface area (Å²) in [6, 6.07) is 8.43. The van der Waals surface area contributed by atoms with Gasteiger partial charge in [0, 0.05) is 25.2 Å². The van der Waals surface area contributed by atoms with Crippen molar-refractivity contribution < 1.29 is 32.3 Å². The molecule has 0 radical (unpaired) electrons. The minimum Gasteiger partial charge on any atom is -0.344 e. The molecule has 1 heterocycles. The molecule has 3 amide bonds. The molecule has 0 aliphatic heterocycles. The van der Waals surface area contributed by atoms with E-state index in [2.05, 4.69) is 25.9 Å². The van der Waals surface area contributed by atoms with Crippen LogP contribution in [-0.4, -0.2) is 57.8 Å². The van der Waals surface area contributed by atoms with Crippen LogP contribution in [0.4, 0.5) is 13.2 Å². The number of rotatable bonds is 12. The van der Waals surface area contributed by atoms with Crippen molar-refractivity contribution in [3.8, 4) is 0 Å². The summed E-state index contributed by atoms with van der Waals surface area (Å²) in [5, 5.41) is 7.72. The Hall–Kier alpha value is -4.03. The molecule has 0 spiro atoms. The number of aromatic nitrogens is 2. The average Bonchev–Trinajstić information content (AvgIpc) is 2.96. The van der Waals surface area contributed by atoms with Gasteiger partial charge >= 0.3 is 6.18 Å². The Kier molecular flexibility index (Phi) is 11.6. The summed E-state index contributed by atoms with van der Waals surface area (Å²) in [5.41, 5.74) is 1.00. The van der Waals surface area contributed by atoms with E-state index in [9.17, 15) is 32.3 Å². The molecule has 0 fully saturated rings. The Labute approximate surface area is 255 Å². The third-order valence-electron chi connectivity index (χ3n) is 6.28. The molecule has 3 atom stereocenters. The predicted octanol–water partition coefficient (Wildman–Crippen LogP) is 4.12. The maximum Gasteiger partial charge on any atom is 0.452 e. The summed E-state index contributed by atoms with van der Waals surface area (Å²) < 4.78 is 39.8. The van der Waals surface area contributed by atoms with Crippen molar-refractivity contribution in [2.45, 2.75) is 51.0 Å². The van der Waals surface area contributed by atoms with Crippen molar-refractivity contribution in [1.29, 1.82) is 0 Å². The van der Waals surface area contributed by atoms with E-state index in [1.54, 1.807) is 36.4 Å². The Balaban J connectivity index is 1.92. The lowest BCUT2D eigenvalue weighted by Gasteiger charge is -2.27. The maximum atomic E-state index is 13.6. The molecule has 0 aliphatic rings. The second kappa shape index (κ2) is 14.9. The van der Waals surface area contributed by atoms with E-state index in [-0.39, 0.29) is 28.6 Å². The molecule has 0 saturated carbocycles. The van der Waals surface area contributed by atoms with Gasteiger partial charge in [0.05, 0.1) is 22.3 Å². The average molecular weight is 638 g/mol. The van der Waals surface area contributed by atoms with Gasteiger partial charge in [0.25, 0.3) is 11.7 Å². The molecule has 14 heteroatoms. The fraction of sp³-hybridized carbons (Fsp3) is 0.310. The zero-order valence-corrected chi connectivity index (χ0v) is 24.5. The molecular weight excluding hydrogens is 610 g/mol. The van der Waals surface area contributed by atoms with E-state index < -0.39 is 53.7 Å². The van der Waals surface area contributed by atoms with Gasteiger partial charge in [-0.2, -0.15) is 13.2 Å². The molecule has 2 aromatic carbocycles. The highest BCUT2D eigenvalue weighted by atomic mass is 35.5. The summed E-state index contributed by atoms with van der Waals surface area (Å²) in [4.78, 5) is 59.7. The summed E-state index contributed by atoms with van der Waals surface area (Å²) in [5.74, 6) is -5.60. The van der Waals surface area contributed by atoms with Crippen LogP contribution < -0.4 is 16.0 Å². The number of carbonyl (C=O) groups excluding carboxylic acids is 4. The van der Waals surface area contributed by atoms with Gasteiger partial charge in [-0.3, -0.25) is 24.2 Å². The van der Waals surface area contributed by atoms with Gasteiger partial charge in [0.1, 0.15) is 17.8 Å². The van der Waals surface area contributed by atoms with Crippen molar-refractivity contribution in [3.63, 3.8) is 0 Å². The van der Waals surface area contributed by atoms with Crippen molar-refractivity contribution in [3.05, 3.63) is 94.0 Å². The quantitative estimate of drug-likeness (QED) is 0.274. The zero-order valence-electron chi connectivity index (χ0n) is 23.0. The molecule has 9 nitrogen and oxygen atoms in total. The highest BCUT2D eigenvalue weighted by molar-refractivity contribution is 6.42. The number of carbonyl (C=O) groups is 4. The number of halogens is 5. The fourth-order valence-corrected chi connectivity index (χ4v) is 4.38. The van der Waals surface area contributed by atoms with Crippen LogP contribution in [-0.2, 0) is 27.2 Å². The third kappa shape index (κ3) is 9.75. The van der Waals surface area contributed by atoms with E-state index in [1.807, 2.05) is 0 Å². The lowest BCUT2D eigenvalue weighted by Crippen LogP contribution is -2.58. The number of hydrogen-bond acceptors (Lipinski definition) is 6. The Morgan fingerprint density at radius 1 is 0.814 bits per heavy atom. The number of nitrogens with one attached hydrogen (secondary N) is 3. The zero-order chi connectivity index (χ0) is 31.7. The second-order valence-electron chi connectivity index (χ2n) is 9.91. The van der Waals surface area contributed by atoms with Crippen LogP contribution in [0.2, 0.25) is 10.0 Å². The van der Waals surface area contributed by atoms with E-state index in [0.717, 1.165) is 0 Å². The third-order valence-corrected chi connectivity index (χ3v) is 7.02. The summed E-state index contributed by atoms with van der Waals surface area (Å²) in [7, 11) is 0. The van der Waals surface area contributed by atoms with Gasteiger partial charge in [-0.25, -0.2) is 4.98 Å². The van der Waals surface area contributed by atoms with E-state index in [1.165, 1.54) is 44.6 Å². The molecule has 0 bridgehead atoms. The summed E-state index contributed by atoms with van der Waals surface area (Å²) in [6.45, 7) is 2.71. The molecule has 43 heavy (non-hydrogen) atoms. The molecule has 0 aliphatic carbocycles. The summed E-state index contributed by atoms with van der Waals surface area (Å²) in [6.07, 6.45) is -1.57. The normalized spacial score (nSPS) is 13.5. The smallest absolute Gasteiger partial charge is 0.344 e. The molecule has 0 saturated heterocycles. The maximum absolute atomic E-state index is 13.6. The number of ketones is 1. The first-order valence-corrected chi connectivity index (χ1v) is 13.8. The minimum absolute atomic E-state index is 0.0848. The van der Waals surface area contributed by atoms with Crippen LogP contribution in [0.3, 0.4) is 0 Å². The van der Waals surface area contributed by atoms with Crippen LogP contribution in [0.5, 0.6) is 0 Å². The molecule has 0 unspecified atom stereocenters. The molecule has 228 valence electrons. The van der Waals surface area contributed by atoms with Crippen molar-refractivity contribution >= 4 is 46.7 Å². The first kappa shape index (κ1) is 33.5. The standard InChI is InChI=1S/C29H28Cl2F3N5O4/c1-16(2)24(25(40)29(32,33)34)39-27(42)21(13-17-6-4-3-5-7-17)37-26(41)22(14-18-8-9-19(30)20(31)12-18)38-28(43)23-15-35-10-11-36-23/h3-12,15-16,21-22,24H,13-14H2,1-2H3,(H,37,41)(H,38,43)(H,39,42)/t21-,22-,24-/m0/s1. The molecule has 3 rings (SSSR count). The Morgan fingerprint density at radius 3 is 2.02 bits per heavy atom. The van der Waals surface area contributed by atoms with Gasteiger partial charge < -0.3 is 16.0 Å². The fourth-order valence-electron chi connectivity index (χ4n) is 4.06. The predicted molar refractivity (Wildman–Crippen MR) is 153 cm³/mol. The topological polar surface area (TPSA) is 130 Å². The van der Waals surface area contributed by atoms with Crippen molar-refractivity contribution in [2.75, 3.05) is 0 Å². The highest BCUT2D eigenvalue weighted by Crippen LogP contribution is 2.24. The lowest BCUT2D eigenvalue weighted by molar-refractivity contribution is -0.175. The molecule has 3 aromatic rings. The van der Waals surface area contributed by atoms with Gasteiger partial charge in [-0.15, -0.1) is 0 Å². The number of Topliss-reactive ketones (excluding diaryl/α,β-unsaturated/α-hetero) is 1. The Morgan fingerprint density at radius 2 is 1.44 bits per heavy atom. The van der Waals surface area contributed by atoms with E-state index >= 15 is 0 Å².